The Kier molecular flexibility index (Phi) is 3.41. The monoisotopic (exact) mass is 265 g/mol. The molecule has 1 aromatic rings. The summed E-state index contributed by atoms with van der Waals surface area (Å²) in [7, 11) is 0. The molecule has 6 heteroatoms. The molecule has 0 spiro atoms. The molecular formula is C12H12ClN3O2. The standard InChI is InChI=1S/C12H12ClN3O2/c13-9-1-2-10(12(15)8(9)4-14)16-5-7(6-17)3-11(16)18/h1-2,7,17H,3,5-6,15H2. The van der Waals surface area contributed by atoms with Gasteiger partial charge in [-0.1, -0.05) is 11.6 Å². The lowest BCUT2D eigenvalue weighted by Gasteiger charge is -2.19. The van der Waals surface area contributed by atoms with Crippen molar-refractivity contribution in [1.29, 1.82) is 5.26 Å². The maximum Gasteiger partial charge on any atom is 0.227 e. The first-order chi connectivity index (χ1) is 8.58. The summed E-state index contributed by atoms with van der Waals surface area (Å²) in [4.78, 5) is 13.3. The SMILES string of the molecule is N#Cc1c(Cl)ccc(N2CC(CO)CC2=O)c1N. The minimum absolute atomic E-state index is 0.0408. The maximum atomic E-state index is 11.8. The summed E-state index contributed by atoms with van der Waals surface area (Å²) < 4.78 is 0. The zero-order chi connectivity index (χ0) is 13.3. The number of rotatable bonds is 2. The average molecular weight is 266 g/mol. The van der Waals surface area contributed by atoms with Crippen molar-refractivity contribution in [1.82, 2.24) is 0 Å². The molecule has 1 aliphatic rings. The van der Waals surface area contributed by atoms with Crippen LogP contribution in [-0.2, 0) is 4.79 Å². The van der Waals surface area contributed by atoms with Gasteiger partial charge in [0.1, 0.15) is 6.07 Å². The van der Waals surface area contributed by atoms with Gasteiger partial charge in [-0.15, -0.1) is 0 Å². The molecule has 1 aromatic carbocycles. The molecule has 1 fully saturated rings. The van der Waals surface area contributed by atoms with Crippen LogP contribution in [0.25, 0.3) is 0 Å². The molecule has 1 heterocycles. The fourth-order valence-electron chi connectivity index (χ4n) is 2.07. The lowest BCUT2D eigenvalue weighted by Crippen LogP contribution is -2.26. The van der Waals surface area contributed by atoms with Crippen molar-refractivity contribution in [2.45, 2.75) is 6.42 Å². The summed E-state index contributed by atoms with van der Waals surface area (Å²) in [5, 5.41) is 18.3. The van der Waals surface area contributed by atoms with E-state index in [2.05, 4.69) is 0 Å². The summed E-state index contributed by atoms with van der Waals surface area (Å²) in [5.41, 5.74) is 6.72. The fraction of sp³-hybridized carbons (Fsp3) is 0.333. The van der Waals surface area contributed by atoms with E-state index in [0.717, 1.165) is 0 Å². The van der Waals surface area contributed by atoms with E-state index < -0.39 is 0 Å². The largest absolute Gasteiger partial charge is 0.396 e. The van der Waals surface area contributed by atoms with E-state index in [9.17, 15) is 4.79 Å². The number of halogens is 1. The Morgan fingerprint density at radius 3 is 2.89 bits per heavy atom. The average Bonchev–Trinajstić information content (AvgIpc) is 2.71. The second-order valence-electron chi connectivity index (χ2n) is 4.22. The molecule has 1 unspecified atom stereocenters. The lowest BCUT2D eigenvalue weighted by atomic mass is 10.1. The van der Waals surface area contributed by atoms with Crippen LogP contribution in [0, 0.1) is 17.2 Å². The topological polar surface area (TPSA) is 90.4 Å². The highest BCUT2D eigenvalue weighted by atomic mass is 35.5. The van der Waals surface area contributed by atoms with Crippen molar-refractivity contribution in [3.05, 3.63) is 22.7 Å². The van der Waals surface area contributed by atoms with Gasteiger partial charge in [-0.25, -0.2) is 0 Å². The quantitative estimate of drug-likeness (QED) is 0.785. The molecule has 1 aliphatic heterocycles. The first-order valence-electron chi connectivity index (χ1n) is 5.47. The Morgan fingerprint density at radius 2 is 2.33 bits per heavy atom. The lowest BCUT2D eigenvalue weighted by molar-refractivity contribution is -0.117. The molecule has 2 rings (SSSR count). The Bertz CT molecular complexity index is 539. The van der Waals surface area contributed by atoms with Crippen LogP contribution in [0.4, 0.5) is 11.4 Å². The molecule has 1 amide bonds. The zero-order valence-electron chi connectivity index (χ0n) is 9.56. The predicted molar refractivity (Wildman–Crippen MR) is 68.1 cm³/mol. The predicted octanol–water partition coefficient (Wildman–Crippen LogP) is 1.14. The molecular weight excluding hydrogens is 254 g/mol. The first-order valence-corrected chi connectivity index (χ1v) is 5.85. The molecule has 0 aliphatic carbocycles. The molecule has 5 nitrogen and oxygen atoms in total. The summed E-state index contributed by atoms with van der Waals surface area (Å²) in [5.74, 6) is -0.190. The van der Waals surface area contributed by atoms with E-state index in [4.69, 9.17) is 27.7 Å². The second-order valence-corrected chi connectivity index (χ2v) is 4.63. The zero-order valence-corrected chi connectivity index (χ0v) is 10.3. The number of nitriles is 1. The van der Waals surface area contributed by atoms with E-state index in [1.54, 1.807) is 12.1 Å². The first kappa shape index (κ1) is 12.7. The number of benzene rings is 1. The van der Waals surface area contributed by atoms with Gasteiger partial charge >= 0.3 is 0 Å². The number of carbonyl (C=O) groups is 1. The van der Waals surface area contributed by atoms with E-state index in [0.29, 0.717) is 18.7 Å². The number of nitrogens with zero attached hydrogens (tertiary/aromatic N) is 2. The third-order valence-corrected chi connectivity index (χ3v) is 3.35. The molecule has 3 N–H and O–H groups in total. The summed E-state index contributed by atoms with van der Waals surface area (Å²) >= 11 is 5.85. The third-order valence-electron chi connectivity index (χ3n) is 3.04. The number of amides is 1. The molecule has 1 saturated heterocycles. The van der Waals surface area contributed by atoms with Crippen LogP contribution in [0.2, 0.25) is 5.02 Å². The van der Waals surface area contributed by atoms with Crippen LogP contribution in [0.1, 0.15) is 12.0 Å². The fourth-order valence-corrected chi connectivity index (χ4v) is 2.27. The molecule has 0 bridgehead atoms. The Balaban J connectivity index is 2.41. The van der Waals surface area contributed by atoms with Crippen molar-refractivity contribution in [2.75, 3.05) is 23.8 Å². The molecule has 0 aromatic heterocycles. The third kappa shape index (κ3) is 2.01. The second kappa shape index (κ2) is 4.84. The highest BCUT2D eigenvalue weighted by Gasteiger charge is 2.31. The van der Waals surface area contributed by atoms with Gasteiger partial charge in [-0.05, 0) is 12.1 Å². The number of nitrogen functional groups attached to an aromatic ring is 1. The van der Waals surface area contributed by atoms with Crippen LogP contribution in [0.3, 0.4) is 0 Å². The van der Waals surface area contributed by atoms with Crippen LogP contribution in [0.5, 0.6) is 0 Å². The highest BCUT2D eigenvalue weighted by Crippen LogP contribution is 2.34. The Morgan fingerprint density at radius 1 is 1.61 bits per heavy atom. The molecule has 94 valence electrons. The highest BCUT2D eigenvalue weighted by molar-refractivity contribution is 6.32. The van der Waals surface area contributed by atoms with Crippen LogP contribution >= 0.6 is 11.6 Å². The van der Waals surface area contributed by atoms with Crippen molar-refractivity contribution >= 4 is 28.9 Å². The van der Waals surface area contributed by atoms with Gasteiger partial charge in [0.25, 0.3) is 0 Å². The number of anilines is 2. The maximum absolute atomic E-state index is 11.8. The normalized spacial score (nSPS) is 19.1. The van der Waals surface area contributed by atoms with Gasteiger partial charge in [-0.2, -0.15) is 5.26 Å². The number of aliphatic hydroxyl groups is 1. The van der Waals surface area contributed by atoms with Gasteiger partial charge < -0.3 is 15.7 Å². The molecule has 1 atom stereocenters. The minimum atomic E-state index is -0.105. The smallest absolute Gasteiger partial charge is 0.227 e. The van der Waals surface area contributed by atoms with Crippen molar-refractivity contribution in [3.63, 3.8) is 0 Å². The van der Waals surface area contributed by atoms with E-state index in [1.807, 2.05) is 6.07 Å². The number of hydrogen-bond donors (Lipinski definition) is 2. The van der Waals surface area contributed by atoms with E-state index in [-0.39, 0.29) is 34.7 Å². The van der Waals surface area contributed by atoms with E-state index in [1.165, 1.54) is 4.90 Å². The van der Waals surface area contributed by atoms with Crippen molar-refractivity contribution in [3.8, 4) is 6.07 Å². The summed E-state index contributed by atoms with van der Waals surface area (Å²) in [6.07, 6.45) is 0.292. The number of nitrogens with two attached hydrogens (primary N) is 1. The number of aliphatic hydroxyl groups excluding tert-OH is 1. The van der Waals surface area contributed by atoms with Crippen LogP contribution in [-0.4, -0.2) is 24.2 Å². The Hall–Kier alpha value is -1.77. The van der Waals surface area contributed by atoms with Crippen LogP contribution in [0.15, 0.2) is 12.1 Å². The van der Waals surface area contributed by atoms with Gasteiger partial charge in [0.2, 0.25) is 5.91 Å². The van der Waals surface area contributed by atoms with Gasteiger partial charge in [0.05, 0.1) is 22.0 Å². The summed E-state index contributed by atoms with van der Waals surface area (Å²) in [6, 6.07) is 5.09. The molecule has 0 saturated carbocycles. The van der Waals surface area contributed by atoms with Gasteiger partial charge in [0, 0.05) is 25.5 Å². The van der Waals surface area contributed by atoms with Gasteiger partial charge in [-0.3, -0.25) is 4.79 Å². The van der Waals surface area contributed by atoms with E-state index >= 15 is 0 Å². The molecule has 18 heavy (non-hydrogen) atoms. The molecule has 0 radical (unpaired) electrons. The minimum Gasteiger partial charge on any atom is -0.396 e. The van der Waals surface area contributed by atoms with Crippen LogP contribution < -0.4 is 10.6 Å². The summed E-state index contributed by atoms with van der Waals surface area (Å²) in [6.45, 7) is 0.368. The number of carbonyl (C=O) groups excluding carboxylic acids is 1. The Labute approximate surface area is 109 Å². The van der Waals surface area contributed by atoms with Crippen molar-refractivity contribution < 1.29 is 9.90 Å². The van der Waals surface area contributed by atoms with Gasteiger partial charge in [0.15, 0.2) is 0 Å². The number of hydrogen-bond acceptors (Lipinski definition) is 4. The van der Waals surface area contributed by atoms with Crippen molar-refractivity contribution in [2.24, 2.45) is 5.92 Å².